The van der Waals surface area contributed by atoms with Crippen molar-refractivity contribution in [3.8, 4) is 5.75 Å². The van der Waals surface area contributed by atoms with Crippen molar-refractivity contribution in [1.29, 1.82) is 0 Å². The Bertz CT molecular complexity index is 675. The van der Waals surface area contributed by atoms with E-state index in [1.54, 1.807) is 4.90 Å². The maximum Gasteiger partial charge on any atom is 0.318 e. The Kier molecular flexibility index (Phi) is 6.94. The Hall–Kier alpha value is -1.72. The number of hydrogen-bond acceptors (Lipinski definition) is 3. The number of ether oxygens (including phenoxy) is 1. The van der Waals surface area contributed by atoms with Crippen molar-refractivity contribution in [3.05, 3.63) is 51.2 Å². The summed E-state index contributed by atoms with van der Waals surface area (Å²) in [4.78, 5) is 15.2. The highest BCUT2D eigenvalue weighted by atomic mass is 35.5. The lowest BCUT2D eigenvalue weighted by molar-refractivity contribution is 0.188. The molecule has 0 aliphatic carbocycles. The summed E-state index contributed by atoms with van der Waals surface area (Å²) in [5.74, 6) is 0.816. The molecule has 0 saturated carbocycles. The van der Waals surface area contributed by atoms with Gasteiger partial charge in [-0.3, -0.25) is 0 Å². The summed E-state index contributed by atoms with van der Waals surface area (Å²) in [6, 6.07) is 11.5. The molecule has 1 heterocycles. The number of carbonyl (C=O) groups is 1. The van der Waals surface area contributed by atoms with Crippen LogP contribution in [-0.2, 0) is 6.54 Å². The van der Waals surface area contributed by atoms with Crippen LogP contribution in [0.3, 0.4) is 0 Å². The van der Waals surface area contributed by atoms with Crippen molar-refractivity contribution < 1.29 is 9.53 Å². The van der Waals surface area contributed by atoms with E-state index in [1.807, 2.05) is 57.2 Å². The zero-order valence-corrected chi connectivity index (χ0v) is 15.8. The molecule has 0 radical (unpaired) electrons. The van der Waals surface area contributed by atoms with Gasteiger partial charge in [-0.2, -0.15) is 0 Å². The number of halogens is 1. The van der Waals surface area contributed by atoms with Crippen molar-refractivity contribution in [1.82, 2.24) is 10.2 Å². The maximum atomic E-state index is 12.4. The second kappa shape index (κ2) is 8.94. The van der Waals surface area contributed by atoms with Crippen molar-refractivity contribution in [2.24, 2.45) is 0 Å². The third-order valence-electron chi connectivity index (χ3n) is 3.50. The molecule has 0 spiro atoms. The maximum absolute atomic E-state index is 12.4. The van der Waals surface area contributed by atoms with Crippen molar-refractivity contribution in [2.75, 3.05) is 13.2 Å². The Labute approximate surface area is 152 Å². The number of thiophene rings is 1. The lowest BCUT2D eigenvalue weighted by Gasteiger charge is -2.23. The molecule has 24 heavy (non-hydrogen) atoms. The molecule has 0 aliphatic rings. The fraction of sp³-hybridized carbons (Fsp3) is 0.389. The minimum absolute atomic E-state index is 0.0843. The van der Waals surface area contributed by atoms with Crippen LogP contribution in [0.25, 0.3) is 0 Å². The Morgan fingerprint density at radius 2 is 2.17 bits per heavy atom. The van der Waals surface area contributed by atoms with Gasteiger partial charge in [-0.05, 0) is 50.6 Å². The number of rotatable bonds is 7. The summed E-state index contributed by atoms with van der Waals surface area (Å²) < 4.78 is 6.47. The van der Waals surface area contributed by atoms with E-state index < -0.39 is 0 Å². The quantitative estimate of drug-likeness (QED) is 0.771. The zero-order valence-electron chi connectivity index (χ0n) is 14.2. The van der Waals surface area contributed by atoms with Crippen LogP contribution in [0.15, 0.2) is 36.4 Å². The second-order valence-electron chi connectivity index (χ2n) is 5.70. The summed E-state index contributed by atoms with van der Waals surface area (Å²) in [6.45, 7) is 7.54. The normalized spacial score (nSPS) is 11.8. The van der Waals surface area contributed by atoms with E-state index in [0.29, 0.717) is 19.7 Å². The van der Waals surface area contributed by atoms with Gasteiger partial charge >= 0.3 is 6.03 Å². The standard InChI is InChI=1S/C18H23ClN2O2S/c1-4-21(11-16-8-9-17(19)24-16)18(22)20-14(3)12-23-15-7-5-6-13(2)10-15/h5-10,14H,4,11-12H2,1-3H3,(H,20,22). The minimum Gasteiger partial charge on any atom is -0.491 e. The average Bonchev–Trinajstić information content (AvgIpc) is 2.95. The molecule has 130 valence electrons. The van der Waals surface area contributed by atoms with E-state index in [1.165, 1.54) is 11.3 Å². The number of benzene rings is 1. The van der Waals surface area contributed by atoms with Gasteiger partial charge in [0.1, 0.15) is 12.4 Å². The smallest absolute Gasteiger partial charge is 0.318 e. The van der Waals surface area contributed by atoms with E-state index in [2.05, 4.69) is 5.32 Å². The second-order valence-corrected chi connectivity index (χ2v) is 7.50. The fourth-order valence-corrected chi connectivity index (χ4v) is 3.33. The number of aryl methyl sites for hydroxylation is 1. The number of nitrogens with zero attached hydrogens (tertiary/aromatic N) is 1. The van der Waals surface area contributed by atoms with Gasteiger partial charge in [0, 0.05) is 11.4 Å². The van der Waals surface area contributed by atoms with Gasteiger partial charge in [-0.15, -0.1) is 11.3 Å². The Morgan fingerprint density at radius 1 is 1.38 bits per heavy atom. The van der Waals surface area contributed by atoms with Crippen LogP contribution in [0.5, 0.6) is 5.75 Å². The highest BCUT2D eigenvalue weighted by Crippen LogP contribution is 2.22. The van der Waals surface area contributed by atoms with Crippen molar-refractivity contribution in [3.63, 3.8) is 0 Å². The average molecular weight is 367 g/mol. The molecular weight excluding hydrogens is 344 g/mol. The molecule has 2 amide bonds. The number of carbonyl (C=O) groups excluding carboxylic acids is 1. The Morgan fingerprint density at radius 3 is 2.79 bits per heavy atom. The molecule has 0 aliphatic heterocycles. The van der Waals surface area contributed by atoms with Crippen molar-refractivity contribution in [2.45, 2.75) is 33.4 Å². The predicted octanol–water partition coefficient (Wildman–Crippen LogP) is 4.71. The first-order valence-electron chi connectivity index (χ1n) is 7.97. The highest BCUT2D eigenvalue weighted by molar-refractivity contribution is 7.16. The first kappa shape index (κ1) is 18.6. The van der Waals surface area contributed by atoms with Crippen LogP contribution in [0.2, 0.25) is 4.34 Å². The van der Waals surface area contributed by atoms with Gasteiger partial charge in [0.2, 0.25) is 0 Å². The lowest BCUT2D eigenvalue weighted by Crippen LogP contribution is -2.45. The monoisotopic (exact) mass is 366 g/mol. The molecule has 6 heteroatoms. The van der Waals surface area contributed by atoms with E-state index in [4.69, 9.17) is 16.3 Å². The van der Waals surface area contributed by atoms with E-state index in [9.17, 15) is 4.79 Å². The Balaban J connectivity index is 1.82. The predicted molar refractivity (Wildman–Crippen MR) is 100 cm³/mol. The topological polar surface area (TPSA) is 41.6 Å². The van der Waals surface area contributed by atoms with Gasteiger partial charge in [0.05, 0.1) is 16.9 Å². The molecule has 1 aromatic carbocycles. The molecule has 1 aromatic heterocycles. The molecule has 1 N–H and O–H groups in total. The van der Waals surface area contributed by atoms with Crippen LogP contribution in [-0.4, -0.2) is 30.1 Å². The lowest BCUT2D eigenvalue weighted by atomic mass is 10.2. The summed E-state index contributed by atoms with van der Waals surface area (Å²) in [7, 11) is 0. The van der Waals surface area contributed by atoms with E-state index >= 15 is 0 Å². The van der Waals surface area contributed by atoms with Crippen LogP contribution >= 0.6 is 22.9 Å². The van der Waals surface area contributed by atoms with Gasteiger partial charge < -0.3 is 15.0 Å². The molecule has 1 atom stereocenters. The SMILES string of the molecule is CCN(Cc1ccc(Cl)s1)C(=O)NC(C)COc1cccc(C)c1. The zero-order chi connectivity index (χ0) is 17.5. The number of amides is 2. The van der Waals surface area contributed by atoms with Crippen molar-refractivity contribution >= 4 is 29.0 Å². The highest BCUT2D eigenvalue weighted by Gasteiger charge is 2.16. The van der Waals surface area contributed by atoms with Crippen LogP contribution in [0.4, 0.5) is 4.79 Å². The van der Waals surface area contributed by atoms with Gasteiger partial charge in [-0.25, -0.2) is 4.79 Å². The molecule has 2 rings (SSSR count). The van der Waals surface area contributed by atoms with Gasteiger partial charge in [0.25, 0.3) is 0 Å². The molecule has 2 aromatic rings. The molecule has 0 saturated heterocycles. The fourth-order valence-electron chi connectivity index (χ4n) is 2.22. The molecular formula is C18H23ClN2O2S. The van der Waals surface area contributed by atoms with Gasteiger partial charge in [0.15, 0.2) is 0 Å². The number of urea groups is 1. The number of hydrogen-bond donors (Lipinski definition) is 1. The van der Waals surface area contributed by atoms with Crippen LogP contribution < -0.4 is 10.1 Å². The molecule has 1 unspecified atom stereocenters. The first-order valence-corrected chi connectivity index (χ1v) is 9.16. The molecule has 0 bridgehead atoms. The third-order valence-corrected chi connectivity index (χ3v) is 4.72. The molecule has 0 fully saturated rings. The van der Waals surface area contributed by atoms with Crippen LogP contribution in [0.1, 0.15) is 24.3 Å². The van der Waals surface area contributed by atoms with E-state index in [0.717, 1.165) is 20.5 Å². The van der Waals surface area contributed by atoms with Crippen LogP contribution in [0, 0.1) is 6.92 Å². The first-order chi connectivity index (χ1) is 11.5. The van der Waals surface area contributed by atoms with E-state index in [-0.39, 0.29) is 12.1 Å². The summed E-state index contributed by atoms with van der Waals surface area (Å²) in [5, 5.41) is 2.98. The summed E-state index contributed by atoms with van der Waals surface area (Å²) in [5.41, 5.74) is 1.15. The summed E-state index contributed by atoms with van der Waals surface area (Å²) in [6.07, 6.45) is 0. The largest absolute Gasteiger partial charge is 0.491 e. The minimum atomic E-state index is -0.0950. The third kappa shape index (κ3) is 5.73. The summed E-state index contributed by atoms with van der Waals surface area (Å²) >= 11 is 7.44. The van der Waals surface area contributed by atoms with Gasteiger partial charge in [-0.1, -0.05) is 23.7 Å². The molecule has 4 nitrogen and oxygen atoms in total. The number of nitrogens with one attached hydrogen (secondary N) is 1.